The van der Waals surface area contributed by atoms with Gasteiger partial charge in [-0.25, -0.2) is 9.67 Å². The second-order valence-electron chi connectivity index (χ2n) is 10.7. The van der Waals surface area contributed by atoms with Gasteiger partial charge in [-0.1, -0.05) is 38.4 Å². The van der Waals surface area contributed by atoms with Crippen molar-refractivity contribution in [2.45, 2.75) is 47.0 Å². The third kappa shape index (κ3) is 5.64. The molecule has 0 spiro atoms. The van der Waals surface area contributed by atoms with Gasteiger partial charge < -0.3 is 19.4 Å². The first-order valence-electron chi connectivity index (χ1n) is 12.7. The number of ether oxygens (including phenoxy) is 2. The van der Waals surface area contributed by atoms with Crippen LogP contribution in [0.1, 0.15) is 44.5 Å². The van der Waals surface area contributed by atoms with Gasteiger partial charge >= 0.3 is 6.29 Å². The average Bonchev–Trinajstić information content (AvgIpc) is 3.49. The molecule has 41 heavy (non-hydrogen) atoms. The summed E-state index contributed by atoms with van der Waals surface area (Å²) in [5.74, 6) is -1.05. The maximum absolute atomic E-state index is 13.5. The van der Waals surface area contributed by atoms with Crippen molar-refractivity contribution < 1.29 is 27.8 Å². The molecule has 0 saturated carbocycles. The minimum atomic E-state index is -3.80. The van der Waals surface area contributed by atoms with Crippen molar-refractivity contribution in [3.8, 4) is 22.8 Å². The lowest BCUT2D eigenvalue weighted by Crippen LogP contribution is -2.37. The zero-order chi connectivity index (χ0) is 29.7. The normalized spacial score (nSPS) is 13.9. The number of H-pyrrole nitrogens is 1. The number of fused-ring (bicyclic) bond motifs is 2. The highest BCUT2D eigenvalue weighted by atomic mass is 35.5. The van der Waals surface area contributed by atoms with Crippen LogP contribution in [0.3, 0.4) is 0 Å². The number of benzene rings is 2. The van der Waals surface area contributed by atoms with Gasteiger partial charge in [0.25, 0.3) is 5.56 Å². The Labute approximate surface area is 237 Å². The third-order valence-electron chi connectivity index (χ3n) is 6.36. The number of aromatic nitrogens is 4. The standard InChI is InChI=1S/C28H26ClF2N5O5/c1-5-35(16-7-9-20-21(11-16)41-28(30,31)40-20)22(38)13-36-26(39)25-24(32-14-33-25)23(34-36)15-6-8-18(29)17(10-15)19(37)12-27(2,3)4/h6-11,14H,5,12-13H2,1-4H3,(H,32,33). The van der Waals surface area contributed by atoms with Crippen LogP contribution in [0.15, 0.2) is 47.5 Å². The molecule has 0 unspecified atom stereocenters. The van der Waals surface area contributed by atoms with E-state index in [9.17, 15) is 23.2 Å². The van der Waals surface area contributed by atoms with E-state index in [-0.39, 0.29) is 63.1 Å². The Bertz CT molecular complexity index is 1740. The van der Waals surface area contributed by atoms with Gasteiger partial charge in [-0.15, -0.1) is 8.78 Å². The second-order valence-corrected chi connectivity index (χ2v) is 11.1. The molecule has 1 aliphatic rings. The average molecular weight is 586 g/mol. The minimum Gasteiger partial charge on any atom is -0.395 e. The molecule has 2 aromatic heterocycles. The molecule has 0 radical (unpaired) electrons. The van der Waals surface area contributed by atoms with Gasteiger partial charge in [-0.2, -0.15) is 5.10 Å². The SMILES string of the molecule is CCN(C(=O)Cn1nc(-c2ccc(Cl)c(C(=O)CC(C)(C)C)c2)c2nc[nH]c2c1=O)c1ccc2c(c1)OC(F)(F)O2. The number of alkyl halides is 2. The molecule has 1 N–H and O–H groups in total. The molecule has 1 aliphatic heterocycles. The molecule has 0 fully saturated rings. The summed E-state index contributed by atoms with van der Waals surface area (Å²) in [7, 11) is 0. The number of aromatic amines is 1. The molecule has 0 atom stereocenters. The van der Waals surface area contributed by atoms with Gasteiger partial charge in [0.1, 0.15) is 23.3 Å². The van der Waals surface area contributed by atoms with Gasteiger partial charge in [-0.05, 0) is 36.6 Å². The molecule has 0 saturated heterocycles. The molecule has 0 aliphatic carbocycles. The van der Waals surface area contributed by atoms with Crippen molar-refractivity contribution in [1.82, 2.24) is 19.7 Å². The number of hydrogen-bond donors (Lipinski definition) is 1. The zero-order valence-corrected chi connectivity index (χ0v) is 23.4. The van der Waals surface area contributed by atoms with Gasteiger partial charge in [0.15, 0.2) is 17.3 Å². The number of ketones is 1. The van der Waals surface area contributed by atoms with Crippen LogP contribution in [0.25, 0.3) is 22.3 Å². The number of halogens is 3. The summed E-state index contributed by atoms with van der Waals surface area (Å²) in [6.45, 7) is 7.23. The van der Waals surface area contributed by atoms with Crippen molar-refractivity contribution in [3.05, 3.63) is 63.7 Å². The number of nitrogens with zero attached hydrogens (tertiary/aromatic N) is 4. The van der Waals surface area contributed by atoms with Crippen molar-refractivity contribution in [1.29, 1.82) is 0 Å². The number of carbonyl (C=O) groups excluding carboxylic acids is 2. The maximum Gasteiger partial charge on any atom is 0.586 e. The molecule has 214 valence electrons. The first-order valence-corrected chi connectivity index (χ1v) is 13.1. The summed E-state index contributed by atoms with van der Waals surface area (Å²) in [6.07, 6.45) is -2.19. The van der Waals surface area contributed by atoms with Crippen LogP contribution in [0.5, 0.6) is 11.5 Å². The Morgan fingerprint density at radius 3 is 2.56 bits per heavy atom. The van der Waals surface area contributed by atoms with Gasteiger partial charge in [0, 0.05) is 35.8 Å². The van der Waals surface area contributed by atoms with E-state index in [1.54, 1.807) is 25.1 Å². The lowest BCUT2D eigenvalue weighted by Gasteiger charge is -2.21. The smallest absolute Gasteiger partial charge is 0.395 e. The van der Waals surface area contributed by atoms with Gasteiger partial charge in [0.05, 0.1) is 11.3 Å². The van der Waals surface area contributed by atoms with Crippen LogP contribution in [0.4, 0.5) is 14.5 Å². The zero-order valence-electron chi connectivity index (χ0n) is 22.6. The Kier molecular flexibility index (Phi) is 7.06. The van der Waals surface area contributed by atoms with E-state index in [1.807, 2.05) is 20.8 Å². The molecule has 5 rings (SSSR count). The fourth-order valence-electron chi connectivity index (χ4n) is 4.57. The van der Waals surface area contributed by atoms with E-state index in [2.05, 4.69) is 24.5 Å². The molecule has 13 heteroatoms. The monoisotopic (exact) mass is 585 g/mol. The number of hydrogen-bond acceptors (Lipinski definition) is 7. The molecular formula is C28H26ClF2N5O5. The highest BCUT2D eigenvalue weighted by Gasteiger charge is 2.43. The van der Waals surface area contributed by atoms with Crippen molar-refractivity contribution in [3.63, 3.8) is 0 Å². The maximum atomic E-state index is 13.5. The predicted molar refractivity (Wildman–Crippen MR) is 148 cm³/mol. The number of imidazole rings is 1. The van der Waals surface area contributed by atoms with Crippen molar-refractivity contribution in [2.24, 2.45) is 5.41 Å². The number of nitrogens with one attached hydrogen (secondary N) is 1. The van der Waals surface area contributed by atoms with Gasteiger partial charge in [0.2, 0.25) is 5.91 Å². The fraction of sp³-hybridized carbons (Fsp3) is 0.321. The summed E-state index contributed by atoms with van der Waals surface area (Å²) in [4.78, 5) is 48.0. The molecule has 4 aromatic rings. The lowest BCUT2D eigenvalue weighted by atomic mass is 9.87. The van der Waals surface area contributed by atoms with Crippen LogP contribution >= 0.6 is 11.6 Å². The number of amides is 1. The Morgan fingerprint density at radius 1 is 1.12 bits per heavy atom. The number of carbonyl (C=O) groups is 2. The Morgan fingerprint density at radius 2 is 1.85 bits per heavy atom. The first kappa shape index (κ1) is 28.2. The van der Waals surface area contributed by atoms with Crippen LogP contribution in [-0.2, 0) is 11.3 Å². The molecule has 10 nitrogen and oxygen atoms in total. The second kappa shape index (κ2) is 10.3. The largest absolute Gasteiger partial charge is 0.586 e. The fourth-order valence-corrected chi connectivity index (χ4v) is 4.79. The summed E-state index contributed by atoms with van der Waals surface area (Å²) in [6, 6.07) is 8.82. The topological polar surface area (TPSA) is 119 Å². The van der Waals surface area contributed by atoms with E-state index in [1.165, 1.54) is 29.4 Å². The molecule has 0 bridgehead atoms. The number of rotatable bonds is 7. The van der Waals surface area contributed by atoms with E-state index >= 15 is 0 Å². The molecule has 3 heterocycles. The van der Waals surface area contributed by atoms with Crippen LogP contribution in [0, 0.1) is 5.41 Å². The number of Topliss-reactive ketones (excluding diaryl/α,β-unsaturated/α-hetero) is 1. The minimum absolute atomic E-state index is 0.119. The molecular weight excluding hydrogens is 560 g/mol. The molecule has 2 aromatic carbocycles. The quantitative estimate of drug-likeness (QED) is 0.287. The van der Waals surface area contributed by atoms with Gasteiger partial charge in [-0.3, -0.25) is 14.4 Å². The summed E-state index contributed by atoms with van der Waals surface area (Å²) in [5.41, 5.74) is 0.860. The van der Waals surface area contributed by atoms with Crippen molar-refractivity contribution in [2.75, 3.05) is 11.4 Å². The van der Waals surface area contributed by atoms with Crippen LogP contribution in [0.2, 0.25) is 5.02 Å². The lowest BCUT2D eigenvalue weighted by molar-refractivity contribution is -0.286. The summed E-state index contributed by atoms with van der Waals surface area (Å²) >= 11 is 6.36. The number of likely N-dealkylation sites (N-methyl/N-ethyl adjacent to an activating group) is 1. The Hall–Kier alpha value is -4.32. The van der Waals surface area contributed by atoms with Crippen molar-refractivity contribution >= 4 is 40.0 Å². The number of anilines is 1. The van der Waals surface area contributed by atoms with E-state index in [0.29, 0.717) is 11.1 Å². The highest BCUT2D eigenvalue weighted by molar-refractivity contribution is 6.34. The Balaban J connectivity index is 1.50. The van der Waals surface area contributed by atoms with E-state index in [4.69, 9.17) is 11.6 Å². The van der Waals surface area contributed by atoms with Crippen LogP contribution in [-0.4, -0.2) is 44.3 Å². The summed E-state index contributed by atoms with van der Waals surface area (Å²) < 4.78 is 36.9. The predicted octanol–water partition coefficient (Wildman–Crippen LogP) is 5.43. The van der Waals surface area contributed by atoms with E-state index in [0.717, 1.165) is 4.68 Å². The first-order chi connectivity index (χ1) is 19.3. The third-order valence-corrected chi connectivity index (χ3v) is 6.69. The highest BCUT2D eigenvalue weighted by Crippen LogP contribution is 2.43. The van der Waals surface area contributed by atoms with Crippen LogP contribution < -0.4 is 19.9 Å². The van der Waals surface area contributed by atoms with E-state index < -0.39 is 24.3 Å². The molecule has 1 amide bonds. The summed E-state index contributed by atoms with van der Waals surface area (Å²) in [5, 5.41) is 4.73.